The van der Waals surface area contributed by atoms with Crippen LogP contribution in [-0.4, -0.2) is 35.7 Å². The number of nitrogens with two attached hydrogens (primary N) is 1. The average molecular weight is 287 g/mol. The summed E-state index contributed by atoms with van der Waals surface area (Å²) in [5, 5.41) is 3.26. The summed E-state index contributed by atoms with van der Waals surface area (Å²) in [6, 6.07) is 7.90. The maximum absolute atomic E-state index is 5.63. The maximum Gasteiger partial charge on any atom is 0.243 e. The summed E-state index contributed by atoms with van der Waals surface area (Å²) in [7, 11) is 3.71. The average Bonchev–Trinajstić information content (AvgIpc) is 2.90. The number of aromatic nitrogens is 3. The lowest BCUT2D eigenvalue weighted by Crippen LogP contribution is -2.20. The molecule has 1 atom stereocenters. The summed E-state index contributed by atoms with van der Waals surface area (Å²) in [6.07, 6.45) is 0. The highest BCUT2D eigenvalue weighted by Gasteiger charge is 2.24. The van der Waals surface area contributed by atoms with E-state index in [-0.39, 0.29) is 6.04 Å². The molecular formula is C13H17N7O. The Balaban J connectivity index is 1.87. The molecule has 3 rings (SSSR count). The van der Waals surface area contributed by atoms with Crippen LogP contribution in [-0.2, 0) is 0 Å². The fourth-order valence-electron chi connectivity index (χ4n) is 2.13. The molecule has 0 bridgehead atoms. The van der Waals surface area contributed by atoms with Crippen molar-refractivity contribution < 1.29 is 4.74 Å². The third-order valence-corrected chi connectivity index (χ3v) is 3.16. The van der Waals surface area contributed by atoms with E-state index in [4.69, 9.17) is 10.6 Å². The second kappa shape index (κ2) is 5.41. The van der Waals surface area contributed by atoms with Gasteiger partial charge in [0.05, 0.1) is 6.04 Å². The summed E-state index contributed by atoms with van der Waals surface area (Å²) in [5.74, 6) is 7.56. The second-order valence-electron chi connectivity index (χ2n) is 4.87. The normalized spacial score (nSPS) is 16.0. The highest BCUT2D eigenvalue weighted by molar-refractivity contribution is 5.47. The predicted octanol–water partition coefficient (Wildman–Crippen LogP) is 0.769. The Bertz CT molecular complexity index is 646. The topological polar surface area (TPSA) is 101 Å². The monoisotopic (exact) mass is 287 g/mol. The minimum Gasteiger partial charge on any atom is -0.491 e. The lowest BCUT2D eigenvalue weighted by atomic mass is 10.1. The fourth-order valence-corrected chi connectivity index (χ4v) is 2.13. The molecule has 1 unspecified atom stereocenters. The zero-order chi connectivity index (χ0) is 14.8. The highest BCUT2D eigenvalue weighted by atomic mass is 16.5. The molecule has 8 nitrogen and oxygen atoms in total. The van der Waals surface area contributed by atoms with Crippen molar-refractivity contribution in [2.45, 2.75) is 6.04 Å². The Morgan fingerprint density at radius 3 is 2.71 bits per heavy atom. The molecule has 21 heavy (non-hydrogen) atoms. The SMILES string of the molecule is CN(C)c1nc(NN)nc(NC2COc3ccccc32)n1. The van der Waals surface area contributed by atoms with E-state index in [1.54, 1.807) is 4.90 Å². The lowest BCUT2D eigenvalue weighted by molar-refractivity contribution is 0.339. The van der Waals surface area contributed by atoms with Crippen LogP contribution in [0.4, 0.5) is 17.8 Å². The molecule has 0 amide bonds. The number of nitrogens with zero attached hydrogens (tertiary/aromatic N) is 4. The van der Waals surface area contributed by atoms with E-state index in [9.17, 15) is 0 Å². The van der Waals surface area contributed by atoms with Crippen LogP contribution in [0.15, 0.2) is 24.3 Å². The quantitative estimate of drug-likeness (QED) is 0.560. The van der Waals surface area contributed by atoms with Crippen LogP contribution in [0.25, 0.3) is 0 Å². The first kappa shape index (κ1) is 13.4. The second-order valence-corrected chi connectivity index (χ2v) is 4.87. The number of para-hydroxylation sites is 1. The number of hydrogen-bond acceptors (Lipinski definition) is 8. The van der Waals surface area contributed by atoms with Gasteiger partial charge in [-0.1, -0.05) is 18.2 Å². The van der Waals surface area contributed by atoms with Crippen molar-refractivity contribution >= 4 is 17.8 Å². The number of fused-ring (bicyclic) bond motifs is 1. The first-order valence-electron chi connectivity index (χ1n) is 6.55. The van der Waals surface area contributed by atoms with Gasteiger partial charge in [-0.25, -0.2) is 5.84 Å². The molecule has 0 saturated carbocycles. The molecule has 1 aliphatic heterocycles. The zero-order valence-corrected chi connectivity index (χ0v) is 11.9. The minimum atomic E-state index is 0.00392. The molecule has 0 aliphatic carbocycles. The molecule has 0 radical (unpaired) electrons. The van der Waals surface area contributed by atoms with Gasteiger partial charge in [0.25, 0.3) is 0 Å². The van der Waals surface area contributed by atoms with Crippen LogP contribution in [0.1, 0.15) is 11.6 Å². The van der Waals surface area contributed by atoms with E-state index in [0.29, 0.717) is 24.5 Å². The number of ether oxygens (including phenoxy) is 1. The summed E-state index contributed by atoms with van der Waals surface area (Å²) >= 11 is 0. The third kappa shape index (κ3) is 2.65. The van der Waals surface area contributed by atoms with Gasteiger partial charge in [-0.05, 0) is 6.07 Å². The summed E-state index contributed by atoms with van der Waals surface area (Å²) in [4.78, 5) is 14.5. The highest BCUT2D eigenvalue weighted by Crippen LogP contribution is 2.33. The first-order chi connectivity index (χ1) is 10.2. The molecule has 110 valence electrons. The Morgan fingerprint density at radius 1 is 1.19 bits per heavy atom. The van der Waals surface area contributed by atoms with Gasteiger partial charge in [-0.3, -0.25) is 5.43 Å². The van der Waals surface area contributed by atoms with E-state index in [2.05, 4.69) is 25.7 Å². The van der Waals surface area contributed by atoms with Gasteiger partial charge in [0.15, 0.2) is 0 Å². The van der Waals surface area contributed by atoms with E-state index < -0.39 is 0 Å². The molecule has 1 aromatic heterocycles. The Morgan fingerprint density at radius 2 is 1.95 bits per heavy atom. The van der Waals surface area contributed by atoms with Crippen molar-refractivity contribution in [3.05, 3.63) is 29.8 Å². The fraction of sp³-hybridized carbons (Fsp3) is 0.308. The standard InChI is InChI=1S/C13H17N7O/c1-20(2)13-17-11(16-12(18-13)19-14)15-9-7-21-10-6-4-3-5-8(9)10/h3-6,9H,7,14H2,1-2H3,(H2,15,16,17,18,19). The Labute approximate surface area is 122 Å². The van der Waals surface area contributed by atoms with Crippen LogP contribution in [0.5, 0.6) is 5.75 Å². The Hall–Kier alpha value is -2.61. The van der Waals surface area contributed by atoms with Gasteiger partial charge in [-0.15, -0.1) is 0 Å². The van der Waals surface area contributed by atoms with Gasteiger partial charge in [0.1, 0.15) is 12.4 Å². The summed E-state index contributed by atoms with van der Waals surface area (Å²) in [6.45, 7) is 0.535. The largest absolute Gasteiger partial charge is 0.491 e. The minimum absolute atomic E-state index is 0.00392. The molecule has 0 saturated heterocycles. The number of benzene rings is 1. The van der Waals surface area contributed by atoms with Crippen molar-refractivity contribution in [3.63, 3.8) is 0 Å². The van der Waals surface area contributed by atoms with Gasteiger partial charge >= 0.3 is 0 Å². The van der Waals surface area contributed by atoms with Crippen LogP contribution in [0, 0.1) is 0 Å². The molecule has 2 aromatic rings. The van der Waals surface area contributed by atoms with Crippen LogP contribution < -0.4 is 26.2 Å². The molecule has 2 heterocycles. The van der Waals surface area contributed by atoms with E-state index in [0.717, 1.165) is 11.3 Å². The van der Waals surface area contributed by atoms with E-state index in [1.807, 2.05) is 38.4 Å². The number of hydrogen-bond donors (Lipinski definition) is 3. The molecule has 0 fully saturated rings. The van der Waals surface area contributed by atoms with Crippen molar-refractivity contribution in [2.75, 3.05) is 36.3 Å². The molecule has 1 aromatic carbocycles. The first-order valence-corrected chi connectivity index (χ1v) is 6.55. The molecule has 4 N–H and O–H groups in total. The van der Waals surface area contributed by atoms with Crippen molar-refractivity contribution in [1.82, 2.24) is 15.0 Å². The van der Waals surface area contributed by atoms with E-state index in [1.165, 1.54) is 0 Å². The third-order valence-electron chi connectivity index (χ3n) is 3.16. The van der Waals surface area contributed by atoms with E-state index >= 15 is 0 Å². The van der Waals surface area contributed by atoms with Crippen molar-refractivity contribution in [1.29, 1.82) is 0 Å². The number of hydrazine groups is 1. The maximum atomic E-state index is 5.63. The van der Waals surface area contributed by atoms with Gasteiger partial charge in [0.2, 0.25) is 17.8 Å². The smallest absolute Gasteiger partial charge is 0.243 e. The molecule has 0 spiro atoms. The van der Waals surface area contributed by atoms with Gasteiger partial charge in [0, 0.05) is 19.7 Å². The number of nitrogens with one attached hydrogen (secondary N) is 2. The number of anilines is 3. The van der Waals surface area contributed by atoms with Crippen LogP contribution in [0.3, 0.4) is 0 Å². The summed E-state index contributed by atoms with van der Waals surface area (Å²) < 4.78 is 5.63. The zero-order valence-electron chi connectivity index (χ0n) is 11.9. The lowest BCUT2D eigenvalue weighted by Gasteiger charge is -2.15. The Kier molecular flexibility index (Phi) is 3.44. The molecule has 8 heteroatoms. The molecular weight excluding hydrogens is 270 g/mol. The molecule has 1 aliphatic rings. The van der Waals surface area contributed by atoms with Gasteiger partial charge < -0.3 is 15.0 Å². The van der Waals surface area contributed by atoms with Crippen LogP contribution in [0.2, 0.25) is 0 Å². The summed E-state index contributed by atoms with van der Waals surface area (Å²) in [5.41, 5.74) is 3.54. The number of rotatable bonds is 4. The van der Waals surface area contributed by atoms with Crippen molar-refractivity contribution in [2.24, 2.45) is 5.84 Å². The van der Waals surface area contributed by atoms with Crippen LogP contribution >= 0.6 is 0 Å². The van der Waals surface area contributed by atoms with Gasteiger partial charge in [-0.2, -0.15) is 15.0 Å². The predicted molar refractivity (Wildman–Crippen MR) is 80.3 cm³/mol. The number of nitrogen functional groups attached to an aromatic ring is 1. The van der Waals surface area contributed by atoms with Crippen molar-refractivity contribution in [3.8, 4) is 5.75 Å².